The number of aliphatic hydroxyl groups is 1. The number of carboxylic acid groups (broad SMARTS) is 1. The summed E-state index contributed by atoms with van der Waals surface area (Å²) in [5.74, 6) is -0.888. The molecule has 0 spiro atoms. The van der Waals surface area contributed by atoms with Gasteiger partial charge in [0.05, 0.1) is 18.6 Å². The molecule has 17 heavy (non-hydrogen) atoms. The van der Waals surface area contributed by atoms with Crippen LogP contribution in [0.25, 0.3) is 0 Å². The molecule has 0 heterocycles. The highest BCUT2D eigenvalue weighted by Gasteiger charge is 2.26. The maximum atomic E-state index is 10.9. The van der Waals surface area contributed by atoms with Crippen LogP contribution in [-0.4, -0.2) is 48.6 Å². The Balaban J connectivity index is 2.16. The Labute approximate surface area is 102 Å². The van der Waals surface area contributed by atoms with Crippen molar-refractivity contribution in [2.45, 2.75) is 44.2 Å². The van der Waals surface area contributed by atoms with Gasteiger partial charge in [-0.25, -0.2) is 0 Å². The first kappa shape index (κ1) is 14.4. The predicted molar refractivity (Wildman–Crippen MR) is 63.9 cm³/mol. The van der Waals surface area contributed by atoms with Crippen LogP contribution in [0.4, 0.5) is 0 Å². The molecule has 0 aromatic rings. The number of carbonyl (C=O) groups is 1. The van der Waals surface area contributed by atoms with Crippen LogP contribution < -0.4 is 5.32 Å². The molecule has 0 aromatic heterocycles. The average molecular weight is 245 g/mol. The predicted octanol–water partition coefficient (Wildman–Crippen LogP) is 0.617. The number of hydrogen-bond acceptors (Lipinski definition) is 4. The van der Waals surface area contributed by atoms with Crippen molar-refractivity contribution in [3.05, 3.63) is 0 Å². The standard InChI is InChI=1S/C12H23NO4/c1-17-8-11(14)5-6-13-10-4-2-3-9(7-10)12(15)16/h9-11,13-14H,2-8H2,1H3,(H,15,16). The quantitative estimate of drug-likeness (QED) is 0.612. The number of aliphatic carboxylic acids is 1. The van der Waals surface area contributed by atoms with Crippen molar-refractivity contribution in [3.63, 3.8) is 0 Å². The maximum Gasteiger partial charge on any atom is 0.306 e. The maximum absolute atomic E-state index is 10.9. The second-order valence-corrected chi connectivity index (χ2v) is 4.75. The topological polar surface area (TPSA) is 78.8 Å². The van der Waals surface area contributed by atoms with Crippen LogP contribution in [0.15, 0.2) is 0 Å². The van der Waals surface area contributed by atoms with Crippen molar-refractivity contribution in [1.82, 2.24) is 5.32 Å². The third-order valence-corrected chi connectivity index (χ3v) is 3.29. The van der Waals surface area contributed by atoms with Crippen LogP contribution in [-0.2, 0) is 9.53 Å². The van der Waals surface area contributed by atoms with Crippen LogP contribution in [0, 0.1) is 5.92 Å². The lowest BCUT2D eigenvalue weighted by atomic mass is 9.86. The highest BCUT2D eigenvalue weighted by atomic mass is 16.5. The summed E-state index contributed by atoms with van der Waals surface area (Å²) in [6.07, 6.45) is 3.70. The van der Waals surface area contributed by atoms with Crippen LogP contribution in [0.2, 0.25) is 0 Å². The van der Waals surface area contributed by atoms with Gasteiger partial charge in [-0.3, -0.25) is 4.79 Å². The molecule has 0 radical (unpaired) electrons. The van der Waals surface area contributed by atoms with Crippen molar-refractivity contribution in [2.24, 2.45) is 5.92 Å². The highest BCUT2D eigenvalue weighted by molar-refractivity contribution is 5.70. The first-order valence-corrected chi connectivity index (χ1v) is 6.26. The summed E-state index contributed by atoms with van der Waals surface area (Å²) in [7, 11) is 1.56. The molecule has 100 valence electrons. The Morgan fingerprint density at radius 3 is 2.94 bits per heavy atom. The third kappa shape index (κ3) is 5.48. The summed E-state index contributed by atoms with van der Waals surface area (Å²) in [5, 5.41) is 21.7. The molecule has 3 atom stereocenters. The fourth-order valence-corrected chi connectivity index (χ4v) is 2.33. The van der Waals surface area contributed by atoms with E-state index in [-0.39, 0.29) is 12.0 Å². The molecular formula is C12H23NO4. The smallest absolute Gasteiger partial charge is 0.306 e. The number of aliphatic hydroxyl groups excluding tert-OH is 1. The molecule has 3 unspecified atom stereocenters. The lowest BCUT2D eigenvalue weighted by molar-refractivity contribution is -0.143. The van der Waals surface area contributed by atoms with Gasteiger partial charge in [-0.05, 0) is 32.2 Å². The highest BCUT2D eigenvalue weighted by Crippen LogP contribution is 2.24. The number of ether oxygens (including phenoxy) is 1. The molecule has 1 fully saturated rings. The van der Waals surface area contributed by atoms with E-state index >= 15 is 0 Å². The number of nitrogens with one attached hydrogen (secondary N) is 1. The van der Waals surface area contributed by atoms with Crippen molar-refractivity contribution in [3.8, 4) is 0 Å². The summed E-state index contributed by atoms with van der Waals surface area (Å²) in [6, 6.07) is 0.277. The van der Waals surface area contributed by atoms with Crippen LogP contribution in [0.1, 0.15) is 32.1 Å². The number of hydrogen-bond donors (Lipinski definition) is 3. The largest absolute Gasteiger partial charge is 0.481 e. The Hall–Kier alpha value is -0.650. The second-order valence-electron chi connectivity index (χ2n) is 4.75. The lowest BCUT2D eigenvalue weighted by Crippen LogP contribution is -2.38. The zero-order chi connectivity index (χ0) is 12.7. The average Bonchev–Trinajstić information content (AvgIpc) is 2.30. The normalized spacial score (nSPS) is 26.7. The van der Waals surface area contributed by atoms with Gasteiger partial charge in [-0.15, -0.1) is 0 Å². The van der Waals surface area contributed by atoms with Gasteiger partial charge >= 0.3 is 5.97 Å². The number of carboxylic acids is 1. The third-order valence-electron chi connectivity index (χ3n) is 3.29. The summed E-state index contributed by atoms with van der Waals surface area (Å²) in [6.45, 7) is 1.06. The minimum atomic E-state index is -0.684. The zero-order valence-corrected chi connectivity index (χ0v) is 10.4. The Morgan fingerprint density at radius 2 is 2.29 bits per heavy atom. The van der Waals surface area contributed by atoms with E-state index in [2.05, 4.69) is 5.32 Å². The fourth-order valence-electron chi connectivity index (χ4n) is 2.33. The fraction of sp³-hybridized carbons (Fsp3) is 0.917. The minimum absolute atomic E-state index is 0.204. The molecule has 5 heteroatoms. The van der Waals surface area contributed by atoms with E-state index in [9.17, 15) is 9.90 Å². The monoisotopic (exact) mass is 245 g/mol. The first-order chi connectivity index (χ1) is 8.13. The molecule has 3 N–H and O–H groups in total. The Kier molecular flexibility index (Phi) is 6.47. The Bertz CT molecular complexity index is 235. The number of methoxy groups -OCH3 is 1. The number of rotatable bonds is 7. The summed E-state index contributed by atoms with van der Waals surface area (Å²) in [4.78, 5) is 10.9. The van der Waals surface area contributed by atoms with Gasteiger partial charge in [0.1, 0.15) is 0 Å². The summed E-state index contributed by atoms with van der Waals surface area (Å²) in [5.41, 5.74) is 0. The van der Waals surface area contributed by atoms with E-state index in [1.165, 1.54) is 0 Å². The van der Waals surface area contributed by atoms with Gasteiger partial charge < -0.3 is 20.3 Å². The molecule has 0 saturated heterocycles. The lowest BCUT2D eigenvalue weighted by Gasteiger charge is -2.27. The molecule has 0 aliphatic heterocycles. The van der Waals surface area contributed by atoms with Gasteiger partial charge in [-0.2, -0.15) is 0 Å². The summed E-state index contributed by atoms with van der Waals surface area (Å²) >= 11 is 0. The van der Waals surface area contributed by atoms with E-state index in [0.717, 1.165) is 19.3 Å². The zero-order valence-electron chi connectivity index (χ0n) is 10.4. The van der Waals surface area contributed by atoms with E-state index < -0.39 is 12.1 Å². The first-order valence-electron chi connectivity index (χ1n) is 6.26. The van der Waals surface area contributed by atoms with Crippen LogP contribution >= 0.6 is 0 Å². The van der Waals surface area contributed by atoms with Crippen molar-refractivity contribution in [2.75, 3.05) is 20.3 Å². The molecular weight excluding hydrogens is 222 g/mol. The molecule has 1 aliphatic rings. The van der Waals surface area contributed by atoms with E-state index in [0.29, 0.717) is 26.0 Å². The summed E-state index contributed by atoms with van der Waals surface area (Å²) < 4.78 is 4.84. The molecule has 5 nitrogen and oxygen atoms in total. The molecule has 1 saturated carbocycles. The van der Waals surface area contributed by atoms with Gasteiger partial charge in [0.2, 0.25) is 0 Å². The van der Waals surface area contributed by atoms with Crippen LogP contribution in [0.5, 0.6) is 0 Å². The van der Waals surface area contributed by atoms with Crippen LogP contribution in [0.3, 0.4) is 0 Å². The van der Waals surface area contributed by atoms with Gasteiger partial charge in [0.25, 0.3) is 0 Å². The minimum Gasteiger partial charge on any atom is -0.481 e. The van der Waals surface area contributed by atoms with E-state index in [4.69, 9.17) is 9.84 Å². The van der Waals surface area contributed by atoms with Crippen molar-refractivity contribution < 1.29 is 19.7 Å². The Morgan fingerprint density at radius 1 is 1.53 bits per heavy atom. The SMILES string of the molecule is COCC(O)CCNC1CCCC(C(=O)O)C1. The van der Waals surface area contributed by atoms with Gasteiger partial charge in [0, 0.05) is 13.2 Å². The molecule has 0 bridgehead atoms. The molecule has 0 aromatic carbocycles. The van der Waals surface area contributed by atoms with Gasteiger partial charge in [0.15, 0.2) is 0 Å². The van der Waals surface area contributed by atoms with Gasteiger partial charge in [-0.1, -0.05) is 6.42 Å². The van der Waals surface area contributed by atoms with E-state index in [1.54, 1.807) is 7.11 Å². The second kappa shape index (κ2) is 7.63. The molecule has 0 amide bonds. The van der Waals surface area contributed by atoms with E-state index in [1.807, 2.05) is 0 Å². The van der Waals surface area contributed by atoms with Crippen molar-refractivity contribution >= 4 is 5.97 Å². The molecule has 1 aliphatic carbocycles. The molecule has 1 rings (SSSR count). The van der Waals surface area contributed by atoms with Crippen molar-refractivity contribution in [1.29, 1.82) is 0 Å².